The molecule has 4 heterocycles. The number of aromatic carboxylic acids is 1. The minimum absolute atomic E-state index is 0.0128. The number of carbonyl (C=O) groups is 4. The predicted octanol–water partition coefficient (Wildman–Crippen LogP) is 2.40. The minimum Gasteiger partial charge on any atom is -0.504 e. The Labute approximate surface area is 270 Å². The van der Waals surface area contributed by atoms with Crippen molar-refractivity contribution in [3.8, 4) is 21.9 Å². The number of aliphatic carboxylic acids is 1. The molecule has 2 aliphatic heterocycles. The molecule has 2 atom stereocenters. The minimum atomic E-state index is -1.34. The van der Waals surface area contributed by atoms with Crippen molar-refractivity contribution < 1.29 is 44.4 Å². The summed E-state index contributed by atoms with van der Waals surface area (Å²) in [5.41, 5.74) is 5.85. The largest absolute Gasteiger partial charge is 0.504 e. The average molecular weight is 691 g/mol. The number of amides is 2. The number of nitrogens with one attached hydrogen (secondary N) is 1. The van der Waals surface area contributed by atoms with Crippen LogP contribution in [0.1, 0.15) is 16.2 Å². The maximum absolute atomic E-state index is 13.2. The Morgan fingerprint density at radius 1 is 1.22 bits per heavy atom. The third-order valence-corrected chi connectivity index (χ3v) is 10.6. The van der Waals surface area contributed by atoms with E-state index in [9.17, 15) is 39.6 Å². The van der Waals surface area contributed by atoms with E-state index < -0.39 is 40.9 Å². The number of carboxylic acid groups (broad SMARTS) is 2. The zero-order chi connectivity index (χ0) is 32.4. The summed E-state index contributed by atoms with van der Waals surface area (Å²) in [4.78, 5) is 65.1. The third kappa shape index (κ3) is 6.46. The summed E-state index contributed by atoms with van der Waals surface area (Å²) >= 11 is 4.45. The molecule has 1 fully saturated rings. The van der Waals surface area contributed by atoms with Crippen LogP contribution >= 0.6 is 46.2 Å². The highest BCUT2D eigenvalue weighted by Gasteiger charge is 2.54. The van der Waals surface area contributed by atoms with E-state index in [0.717, 1.165) is 39.3 Å². The first-order valence-electron chi connectivity index (χ1n) is 12.6. The molecule has 0 spiro atoms. The van der Waals surface area contributed by atoms with E-state index in [1.807, 2.05) is 0 Å². The fourth-order valence-electron chi connectivity index (χ4n) is 4.28. The van der Waals surface area contributed by atoms with E-state index in [2.05, 4.69) is 27.0 Å². The second kappa shape index (κ2) is 13.2. The van der Waals surface area contributed by atoms with Gasteiger partial charge < -0.3 is 36.3 Å². The van der Waals surface area contributed by atoms with Gasteiger partial charge >= 0.3 is 11.9 Å². The number of nitrogens with two attached hydrogens (primary N) is 1. The number of thiazole rings is 2. The third-order valence-electron chi connectivity index (χ3n) is 6.28. The fourth-order valence-corrected chi connectivity index (χ4v) is 8.44. The standard InChI is InChI=1S/C26H22N6O9S4/c1-2-5-41-31-15(12-9-43-25(27)28-12)20(35)29-17-21(36)32-18(24(39)40)11(7-42-22(17)32)8-44-26-30-16(23(37)38)19(45-26)10-3-4-13(33)14(34)6-10/h2-4,6,9,17,22,33-34H,1,5,7-8H2,(H2,27,28)(H,29,35)(H,37,38)(H,39,40)/t17-,22+/m1/s1. The number of nitrogens with zero attached hydrogens (tertiary/aromatic N) is 4. The lowest BCUT2D eigenvalue weighted by Crippen LogP contribution is -2.71. The number of hydrogen-bond donors (Lipinski definition) is 6. The Balaban J connectivity index is 1.32. The first-order valence-corrected chi connectivity index (χ1v) is 16.4. The number of nitrogen functional groups attached to an aromatic ring is 1. The molecule has 2 aromatic heterocycles. The molecule has 0 saturated carbocycles. The molecule has 45 heavy (non-hydrogen) atoms. The van der Waals surface area contributed by atoms with Crippen LogP contribution in [0.5, 0.6) is 11.5 Å². The summed E-state index contributed by atoms with van der Waals surface area (Å²) < 4.78 is 0.313. The Kier molecular flexibility index (Phi) is 9.32. The number of thioether (sulfide) groups is 2. The van der Waals surface area contributed by atoms with Crippen molar-refractivity contribution >= 4 is 80.8 Å². The average Bonchev–Trinajstić information content (AvgIpc) is 3.64. The zero-order valence-electron chi connectivity index (χ0n) is 22.7. The van der Waals surface area contributed by atoms with E-state index in [1.54, 1.807) is 0 Å². The number of phenols is 2. The van der Waals surface area contributed by atoms with E-state index in [1.165, 1.54) is 41.4 Å². The molecular formula is C26H22N6O9S4. The molecule has 0 aliphatic carbocycles. The topological polar surface area (TPSA) is 238 Å². The van der Waals surface area contributed by atoms with E-state index in [-0.39, 0.29) is 56.7 Å². The highest BCUT2D eigenvalue weighted by molar-refractivity contribution is 8.02. The van der Waals surface area contributed by atoms with Crippen LogP contribution in [0.4, 0.5) is 5.13 Å². The van der Waals surface area contributed by atoms with Crippen LogP contribution in [0.2, 0.25) is 0 Å². The van der Waals surface area contributed by atoms with E-state index in [4.69, 9.17) is 10.6 Å². The molecule has 0 unspecified atom stereocenters. The van der Waals surface area contributed by atoms with Gasteiger partial charge in [0.05, 0.1) is 4.88 Å². The number of fused-ring (bicyclic) bond motifs is 1. The van der Waals surface area contributed by atoms with Crippen molar-refractivity contribution in [3.05, 3.63) is 58.9 Å². The summed E-state index contributed by atoms with van der Waals surface area (Å²) in [6, 6.07) is 2.83. The molecule has 2 amide bonds. The second-order valence-corrected chi connectivity index (χ2v) is 13.4. The number of aromatic hydroxyl groups is 2. The Hall–Kier alpha value is -4.59. The second-order valence-electron chi connectivity index (χ2n) is 9.17. The van der Waals surface area contributed by atoms with E-state index >= 15 is 0 Å². The van der Waals surface area contributed by atoms with Gasteiger partial charge in [0.2, 0.25) is 0 Å². The molecule has 1 saturated heterocycles. The highest BCUT2D eigenvalue weighted by Crippen LogP contribution is 2.43. The van der Waals surface area contributed by atoms with Crippen LogP contribution in [-0.2, 0) is 19.2 Å². The van der Waals surface area contributed by atoms with Gasteiger partial charge in [0.25, 0.3) is 11.8 Å². The number of carbonyl (C=O) groups excluding carboxylic acids is 2. The summed E-state index contributed by atoms with van der Waals surface area (Å²) in [5.74, 6) is -4.55. The van der Waals surface area contributed by atoms with Crippen LogP contribution in [0.3, 0.4) is 0 Å². The number of oxime groups is 1. The molecule has 234 valence electrons. The normalized spacial score (nSPS) is 17.8. The van der Waals surface area contributed by atoms with Crippen molar-refractivity contribution in [2.24, 2.45) is 5.16 Å². The van der Waals surface area contributed by atoms with Gasteiger partial charge in [0.1, 0.15) is 29.4 Å². The zero-order valence-corrected chi connectivity index (χ0v) is 26.0. The quantitative estimate of drug-likeness (QED) is 0.0304. The lowest BCUT2D eigenvalue weighted by atomic mass is 10.0. The van der Waals surface area contributed by atoms with Gasteiger partial charge in [-0.25, -0.2) is 19.6 Å². The molecular weight excluding hydrogens is 669 g/mol. The number of anilines is 1. The molecule has 7 N–H and O–H groups in total. The van der Waals surface area contributed by atoms with Gasteiger partial charge in [0.15, 0.2) is 32.4 Å². The van der Waals surface area contributed by atoms with Crippen LogP contribution in [-0.4, -0.2) is 94.3 Å². The van der Waals surface area contributed by atoms with Gasteiger partial charge in [-0.3, -0.25) is 14.5 Å². The van der Waals surface area contributed by atoms with Crippen molar-refractivity contribution in [1.82, 2.24) is 20.2 Å². The summed E-state index contributed by atoms with van der Waals surface area (Å²) in [5, 5.41) is 46.6. The molecule has 1 aromatic carbocycles. The first kappa shape index (κ1) is 31.8. The molecule has 3 aromatic rings. The van der Waals surface area contributed by atoms with Crippen LogP contribution in [0, 0.1) is 0 Å². The van der Waals surface area contributed by atoms with E-state index in [0.29, 0.717) is 15.5 Å². The number of β-lactam (4-membered cyclic amide) rings is 1. The van der Waals surface area contributed by atoms with Gasteiger partial charge in [-0.1, -0.05) is 29.6 Å². The molecule has 15 nitrogen and oxygen atoms in total. The number of benzene rings is 1. The van der Waals surface area contributed by atoms with Crippen LogP contribution in [0.25, 0.3) is 10.4 Å². The van der Waals surface area contributed by atoms with Gasteiger partial charge in [-0.05, 0) is 29.3 Å². The fraction of sp³-hybridized carbons (Fsp3) is 0.192. The SMILES string of the molecule is C=CCON=C(C(=O)N[C@@H]1C(=O)N2C(C(=O)O)=C(CSc3nc(C(=O)O)c(-c4ccc(O)c(O)c4)s3)CS[C@@H]12)c1csc(N)n1. The lowest BCUT2D eigenvalue weighted by Gasteiger charge is -2.49. The van der Waals surface area contributed by atoms with Crippen molar-refractivity contribution in [2.75, 3.05) is 23.8 Å². The maximum atomic E-state index is 13.2. The number of aromatic nitrogens is 2. The molecule has 0 bridgehead atoms. The smallest absolute Gasteiger partial charge is 0.356 e. The molecule has 19 heteroatoms. The monoisotopic (exact) mass is 690 g/mol. The summed E-state index contributed by atoms with van der Waals surface area (Å²) in [6.07, 6.45) is 1.43. The lowest BCUT2D eigenvalue weighted by molar-refractivity contribution is -0.150. The number of phenolic OH excluding ortho intramolecular Hbond substituents is 2. The predicted molar refractivity (Wildman–Crippen MR) is 167 cm³/mol. The summed E-state index contributed by atoms with van der Waals surface area (Å²) in [7, 11) is 0. The van der Waals surface area contributed by atoms with Crippen molar-refractivity contribution in [2.45, 2.75) is 15.8 Å². The highest BCUT2D eigenvalue weighted by atomic mass is 32.2. The Morgan fingerprint density at radius 3 is 2.64 bits per heavy atom. The molecule has 2 aliphatic rings. The van der Waals surface area contributed by atoms with Gasteiger partial charge in [-0.2, -0.15) is 0 Å². The van der Waals surface area contributed by atoms with Gasteiger partial charge in [-0.15, -0.1) is 34.4 Å². The number of rotatable bonds is 12. The maximum Gasteiger partial charge on any atom is 0.356 e. The van der Waals surface area contributed by atoms with Crippen LogP contribution in [0.15, 0.2) is 57.0 Å². The molecule has 0 radical (unpaired) electrons. The number of carboxylic acids is 2. The first-order chi connectivity index (χ1) is 21.5. The Bertz CT molecular complexity index is 1790. The molecule has 5 rings (SSSR count). The number of hydrogen-bond acceptors (Lipinski definition) is 15. The van der Waals surface area contributed by atoms with Crippen molar-refractivity contribution in [1.29, 1.82) is 0 Å². The Morgan fingerprint density at radius 2 is 2.00 bits per heavy atom. The van der Waals surface area contributed by atoms with Crippen molar-refractivity contribution in [3.63, 3.8) is 0 Å². The van der Waals surface area contributed by atoms with Crippen LogP contribution < -0.4 is 11.1 Å². The summed E-state index contributed by atoms with van der Waals surface area (Å²) in [6.45, 7) is 3.53. The van der Waals surface area contributed by atoms with Gasteiger partial charge in [0, 0.05) is 16.9 Å².